The number of nitrogens with one attached hydrogen (secondary N) is 2. The third-order valence-electron chi connectivity index (χ3n) is 5.98. The van der Waals surface area contributed by atoms with Crippen LogP contribution >= 0.6 is 0 Å². The van der Waals surface area contributed by atoms with Gasteiger partial charge >= 0.3 is 23.3 Å². The lowest BCUT2D eigenvalue weighted by atomic mass is 10.2. The van der Waals surface area contributed by atoms with Gasteiger partial charge in [0.1, 0.15) is 6.04 Å². The minimum atomic E-state index is -4.50. The first-order valence-corrected chi connectivity index (χ1v) is 11.2. The van der Waals surface area contributed by atoms with Crippen LogP contribution in [0.25, 0.3) is 11.7 Å². The third kappa shape index (κ3) is 4.53. The van der Waals surface area contributed by atoms with E-state index in [1.165, 1.54) is 16.8 Å². The molecule has 0 unspecified atom stereocenters. The van der Waals surface area contributed by atoms with Crippen LogP contribution in [0.3, 0.4) is 0 Å². The molecule has 3 N–H and O–H groups in total. The number of amides is 2. The number of nitrogens with zero attached hydrogens (tertiary/aromatic N) is 3. The summed E-state index contributed by atoms with van der Waals surface area (Å²) in [4.78, 5) is 39.0. The molecule has 2 fully saturated rings. The minimum absolute atomic E-state index is 0.00823. The zero-order valence-electron chi connectivity index (χ0n) is 18.9. The van der Waals surface area contributed by atoms with Crippen LogP contribution in [-0.2, 0) is 11.3 Å². The maximum absolute atomic E-state index is 13.2. The number of likely N-dealkylation sites (tertiary alicyclic amines) is 1. The molecule has 1 atom stereocenters. The lowest BCUT2D eigenvalue weighted by Crippen LogP contribution is -2.46. The maximum atomic E-state index is 13.2. The average molecular weight is 482 g/mol. The number of aromatic amines is 1. The summed E-state index contributed by atoms with van der Waals surface area (Å²) in [5.74, 6) is -1.95. The van der Waals surface area contributed by atoms with E-state index in [0.717, 1.165) is 28.3 Å². The molecule has 34 heavy (non-hydrogen) atoms. The van der Waals surface area contributed by atoms with E-state index < -0.39 is 41.0 Å². The molecule has 2 amide bonds. The van der Waals surface area contributed by atoms with Gasteiger partial charge < -0.3 is 15.3 Å². The van der Waals surface area contributed by atoms with Gasteiger partial charge in [-0.3, -0.25) is 9.59 Å². The fourth-order valence-corrected chi connectivity index (χ4v) is 4.24. The molecule has 1 saturated heterocycles. The number of H-pyrrole nitrogens is 1. The topological polar surface area (TPSA) is 111 Å². The Morgan fingerprint density at radius 1 is 1.32 bits per heavy atom. The molecule has 2 aromatic heterocycles. The molecule has 0 radical (unpaired) electrons. The summed E-state index contributed by atoms with van der Waals surface area (Å²) in [6, 6.07) is -1.84. The first-order valence-electron chi connectivity index (χ1n) is 11.2. The smallest absolute Gasteiger partial charge is 0.408 e. The lowest BCUT2D eigenvalue weighted by molar-refractivity contribution is -0.686. The Morgan fingerprint density at radius 3 is 2.65 bits per heavy atom. The van der Waals surface area contributed by atoms with Gasteiger partial charge in [-0.05, 0) is 37.7 Å². The number of alkyl halides is 3. The van der Waals surface area contributed by atoms with Crippen molar-refractivity contribution in [1.29, 1.82) is 0 Å². The number of carbonyl (C=O) groups is 2. The molecule has 0 aromatic carbocycles. The number of halogens is 3. The van der Waals surface area contributed by atoms with Crippen molar-refractivity contribution in [2.75, 3.05) is 6.54 Å². The zero-order chi connectivity index (χ0) is 24.8. The Kier molecular flexibility index (Phi) is 6.17. The molecule has 1 aliphatic heterocycles. The number of aromatic hydroxyl groups is 1. The van der Waals surface area contributed by atoms with Crippen LogP contribution in [0.15, 0.2) is 17.1 Å². The first-order chi connectivity index (χ1) is 16.0. The number of carbonyl (C=O) groups excluding carboxylic acids is 2. The number of fused-ring (bicyclic) bond motifs is 1. The summed E-state index contributed by atoms with van der Waals surface area (Å²) in [6.07, 6.45) is 0.961. The SMILES string of the molecule is CC(C)C[n+]1c(O)c(C(=O)NC2CC2)c(=O)n2[nH]cc(/C=C/C(=O)N3CCC[C@H]3C(F)(F)F)c21. The molecule has 184 valence electrons. The summed E-state index contributed by atoms with van der Waals surface area (Å²) in [6.45, 7) is 4.02. The van der Waals surface area contributed by atoms with Crippen LogP contribution in [0, 0.1) is 5.92 Å². The van der Waals surface area contributed by atoms with E-state index >= 15 is 0 Å². The standard InChI is InChI=1S/C22H26F3N5O4/c1-12(2)11-29-19-13(5-8-16(31)28-9-3-4-15(28)22(23,24)25)10-26-30(19)21(34)17(20(29)33)18(32)27-14-6-7-14/h5,8,10,12,14-15H,3-4,6-7,9,11H2,1-2H3,(H2,27,32,33,34)/p+1/b8-5+/t15-/m0/s1. The van der Waals surface area contributed by atoms with Crippen molar-refractivity contribution < 1.29 is 32.4 Å². The maximum Gasteiger partial charge on any atom is 0.408 e. The van der Waals surface area contributed by atoms with E-state index in [9.17, 15) is 32.7 Å². The van der Waals surface area contributed by atoms with Crippen LogP contribution in [0.1, 0.15) is 55.5 Å². The Hall–Kier alpha value is -3.31. The van der Waals surface area contributed by atoms with Gasteiger partial charge in [-0.15, -0.1) is 0 Å². The quantitative estimate of drug-likeness (QED) is 0.430. The number of aromatic nitrogens is 3. The van der Waals surface area contributed by atoms with Crippen LogP contribution in [0.4, 0.5) is 13.2 Å². The summed E-state index contributed by atoms with van der Waals surface area (Å²) in [5, 5.41) is 16.3. The molecule has 9 nitrogen and oxygen atoms in total. The number of rotatable bonds is 6. The molecular formula is C22H27F3N5O4+. The minimum Gasteiger partial charge on any atom is -0.477 e. The van der Waals surface area contributed by atoms with E-state index in [-0.39, 0.29) is 43.5 Å². The van der Waals surface area contributed by atoms with Crippen LogP contribution in [0.2, 0.25) is 0 Å². The summed E-state index contributed by atoms with van der Waals surface area (Å²) in [7, 11) is 0. The van der Waals surface area contributed by atoms with Crippen molar-refractivity contribution in [1.82, 2.24) is 19.8 Å². The molecule has 1 saturated carbocycles. The highest BCUT2D eigenvalue weighted by molar-refractivity contribution is 5.96. The molecule has 3 heterocycles. The van der Waals surface area contributed by atoms with Gasteiger partial charge in [-0.2, -0.15) is 17.7 Å². The highest BCUT2D eigenvalue weighted by Crippen LogP contribution is 2.32. The number of hydrogen-bond donors (Lipinski definition) is 3. The first kappa shape index (κ1) is 23.8. The molecule has 0 spiro atoms. The second-order valence-corrected chi connectivity index (χ2v) is 9.21. The Balaban J connectivity index is 1.73. The predicted molar refractivity (Wildman–Crippen MR) is 115 cm³/mol. The van der Waals surface area contributed by atoms with Gasteiger partial charge in [0.25, 0.3) is 5.91 Å². The Morgan fingerprint density at radius 2 is 2.03 bits per heavy atom. The van der Waals surface area contributed by atoms with E-state index in [4.69, 9.17) is 0 Å². The van der Waals surface area contributed by atoms with Gasteiger partial charge in [-0.25, -0.2) is 9.89 Å². The van der Waals surface area contributed by atoms with E-state index in [1.807, 2.05) is 13.8 Å². The average Bonchev–Trinajstić information content (AvgIpc) is 3.25. The van der Waals surface area contributed by atoms with Crippen molar-refractivity contribution in [3.63, 3.8) is 0 Å². The van der Waals surface area contributed by atoms with Gasteiger partial charge in [0, 0.05) is 18.7 Å². The highest BCUT2D eigenvalue weighted by Gasteiger charge is 2.47. The third-order valence-corrected chi connectivity index (χ3v) is 5.98. The van der Waals surface area contributed by atoms with Gasteiger partial charge in [0.15, 0.2) is 0 Å². The van der Waals surface area contributed by atoms with Crippen LogP contribution < -0.4 is 15.4 Å². The second kappa shape index (κ2) is 8.80. The summed E-state index contributed by atoms with van der Waals surface area (Å²) < 4.78 is 42.1. The number of hydrogen-bond acceptors (Lipinski definition) is 4. The van der Waals surface area contributed by atoms with Crippen LogP contribution in [-0.4, -0.2) is 56.2 Å². The van der Waals surface area contributed by atoms with Crippen molar-refractivity contribution in [2.24, 2.45) is 5.92 Å². The van der Waals surface area contributed by atoms with Gasteiger partial charge in [0.05, 0.1) is 18.3 Å². The molecule has 1 aliphatic carbocycles. The molecule has 4 rings (SSSR count). The second-order valence-electron chi connectivity index (χ2n) is 9.21. The molecule has 12 heteroatoms. The van der Waals surface area contributed by atoms with Crippen molar-refractivity contribution in [3.05, 3.63) is 33.8 Å². The Bertz CT molecular complexity index is 1210. The molecule has 0 bridgehead atoms. The van der Waals surface area contributed by atoms with E-state index in [0.29, 0.717) is 5.56 Å². The molecule has 2 aliphatic rings. The van der Waals surface area contributed by atoms with E-state index in [1.54, 1.807) is 0 Å². The monoisotopic (exact) mass is 482 g/mol. The zero-order valence-corrected chi connectivity index (χ0v) is 18.9. The van der Waals surface area contributed by atoms with Crippen LogP contribution in [0.5, 0.6) is 5.88 Å². The molecule has 2 aromatic rings. The largest absolute Gasteiger partial charge is 0.477 e. The fourth-order valence-electron chi connectivity index (χ4n) is 4.24. The predicted octanol–water partition coefficient (Wildman–Crippen LogP) is 1.74. The molecular weight excluding hydrogens is 455 g/mol. The lowest BCUT2D eigenvalue weighted by Gasteiger charge is -2.25. The Labute approximate surface area is 192 Å². The highest BCUT2D eigenvalue weighted by atomic mass is 19.4. The van der Waals surface area contributed by atoms with Crippen molar-refractivity contribution in [2.45, 2.75) is 64.3 Å². The normalized spacial score (nSPS) is 19.0. The fraction of sp³-hybridized carbons (Fsp3) is 0.545. The summed E-state index contributed by atoms with van der Waals surface area (Å²) in [5.41, 5.74) is -0.674. The van der Waals surface area contributed by atoms with Crippen molar-refractivity contribution >= 4 is 23.5 Å². The summed E-state index contributed by atoms with van der Waals surface area (Å²) >= 11 is 0. The van der Waals surface area contributed by atoms with Gasteiger partial charge in [-0.1, -0.05) is 18.4 Å². The van der Waals surface area contributed by atoms with Gasteiger partial charge in [0.2, 0.25) is 11.5 Å². The van der Waals surface area contributed by atoms with Crippen molar-refractivity contribution in [3.8, 4) is 5.88 Å². The van der Waals surface area contributed by atoms with E-state index in [2.05, 4.69) is 10.4 Å².